The van der Waals surface area contributed by atoms with E-state index in [-0.39, 0.29) is 63.4 Å². The van der Waals surface area contributed by atoms with Gasteiger partial charge in [0, 0.05) is 44.5 Å². The molecule has 28 nitrogen and oxygen atoms in total. The molecule has 8 atom stereocenters. The molecule has 1 fully saturated rings. The smallest absolute Gasteiger partial charge is 0.269 e. The summed E-state index contributed by atoms with van der Waals surface area (Å²) in [5.74, 6) is -6.84. The Labute approximate surface area is 425 Å². The number of hydrogen-bond acceptors (Lipinski definition) is 18. The summed E-state index contributed by atoms with van der Waals surface area (Å²) in [6, 6.07) is -7.34. The zero-order chi connectivity index (χ0) is 54.3. The molecular formula is C45H81N17O11. The van der Waals surface area contributed by atoms with Gasteiger partial charge >= 0.3 is 0 Å². The van der Waals surface area contributed by atoms with E-state index in [9.17, 15) is 53.4 Å². The van der Waals surface area contributed by atoms with E-state index in [1.165, 1.54) is 24.3 Å². The number of aliphatic imine (C=N–C) groups is 1. The van der Waals surface area contributed by atoms with E-state index in [4.69, 9.17) is 34.4 Å². The summed E-state index contributed by atoms with van der Waals surface area (Å²) < 4.78 is 0. The average molecular weight is 1040 g/mol. The van der Waals surface area contributed by atoms with E-state index >= 15 is 0 Å². The Kier molecular flexibility index (Phi) is 30.4. The van der Waals surface area contributed by atoms with Gasteiger partial charge in [-0.25, -0.2) is 9.98 Å². The van der Waals surface area contributed by atoms with Crippen LogP contribution in [0.2, 0.25) is 0 Å². The number of H-pyrrole nitrogens is 1. The number of aliphatic hydroxyl groups excluding tert-OH is 2. The van der Waals surface area contributed by atoms with Crippen LogP contribution >= 0.6 is 0 Å². The summed E-state index contributed by atoms with van der Waals surface area (Å²) in [4.78, 5) is 133. The number of imidazole rings is 1. The number of aromatic amines is 1. The van der Waals surface area contributed by atoms with E-state index < -0.39 is 115 Å². The predicted molar refractivity (Wildman–Crippen MR) is 268 cm³/mol. The Balaban J connectivity index is 2.29. The largest absolute Gasteiger partial charge is 0.391 e. The molecule has 0 unspecified atom stereocenters. The van der Waals surface area contributed by atoms with Gasteiger partial charge in [-0.1, -0.05) is 0 Å². The number of hydrogen-bond donors (Lipinski definition) is 16. The molecule has 28 heteroatoms. The lowest BCUT2D eigenvalue weighted by Gasteiger charge is -2.28. The molecule has 0 aliphatic carbocycles. The van der Waals surface area contributed by atoms with Gasteiger partial charge in [0.1, 0.15) is 42.0 Å². The first-order valence-corrected chi connectivity index (χ1v) is 25.0. The molecule has 1 saturated heterocycles. The maximum atomic E-state index is 14.2. The van der Waals surface area contributed by atoms with Crippen molar-refractivity contribution in [3.63, 3.8) is 0 Å². The molecule has 1 aromatic heterocycles. The predicted octanol–water partition coefficient (Wildman–Crippen LogP) is -6.65. The monoisotopic (exact) mass is 1040 g/mol. The topological polar surface area (TPSA) is 479 Å². The minimum atomic E-state index is -1.61. The van der Waals surface area contributed by atoms with Gasteiger partial charge in [0.2, 0.25) is 41.4 Å². The molecule has 0 radical (unpaired) electrons. The first-order valence-electron chi connectivity index (χ1n) is 25.0. The Morgan fingerprint density at radius 1 is 0.726 bits per heavy atom. The third kappa shape index (κ3) is 23.2. The van der Waals surface area contributed by atoms with Crippen molar-refractivity contribution in [3.05, 3.63) is 18.2 Å². The number of rotatable bonds is 36. The summed E-state index contributed by atoms with van der Waals surface area (Å²) in [5, 5.41) is 38.1. The van der Waals surface area contributed by atoms with Crippen LogP contribution in [0, 0.1) is 0 Å². The molecule has 0 saturated carbocycles. The fourth-order valence-corrected chi connectivity index (χ4v) is 7.56. The second-order valence-corrected chi connectivity index (χ2v) is 17.7. The van der Waals surface area contributed by atoms with Gasteiger partial charge in [0.05, 0.1) is 31.5 Å². The van der Waals surface area contributed by atoms with Gasteiger partial charge in [-0.15, -0.1) is 0 Å². The van der Waals surface area contributed by atoms with Crippen molar-refractivity contribution in [3.8, 4) is 0 Å². The standard InChI is InChI=1S/C45H81N17O11/c1-27(39(67)58-30(10-2-4-14-46)40(68)53-18-7-6-16-48)56-41(69)31(11-3-5-15-47)59-42(70)33(20-28-24-52-26-55-28)60-43(71)34-13-9-19-62(34)45(73)32(12-8-17-49)57-37(66)25-54-44(72)38(35(64)23-51)61-36(65)21-29(63)22-50/h24,26-27,29-31,33-35,38,63-64H,2-23,25,46-51H2,1H3,(H,52,55)(H,53,68)(H,54,72)(H,56,69)(H,58,67)(H,59,70)(H,60,71)(H,61,65)/t27-,29+,30-,31-,33-,34-,35-,38-/m0/s1. The number of nitrogens with one attached hydrogen (secondary N) is 8. The Bertz CT molecular complexity index is 1940. The van der Waals surface area contributed by atoms with Gasteiger partial charge in [-0.3, -0.25) is 43.2 Å². The molecule has 412 valence electrons. The lowest BCUT2D eigenvalue weighted by Crippen LogP contribution is -2.59. The van der Waals surface area contributed by atoms with E-state index in [0.29, 0.717) is 83.2 Å². The second kappa shape index (κ2) is 35.2. The number of nitrogens with two attached hydrogens (primary N) is 6. The van der Waals surface area contributed by atoms with Crippen LogP contribution in [0.3, 0.4) is 0 Å². The Morgan fingerprint density at radius 2 is 1.34 bits per heavy atom. The molecule has 2 heterocycles. The molecule has 9 amide bonds. The average Bonchev–Trinajstić information content (AvgIpc) is 4.09. The first kappa shape index (κ1) is 63.1. The van der Waals surface area contributed by atoms with E-state index in [1.807, 2.05) is 0 Å². The molecular weight excluding hydrogens is 955 g/mol. The van der Waals surface area contributed by atoms with Crippen LogP contribution in [-0.2, 0) is 49.6 Å². The zero-order valence-electron chi connectivity index (χ0n) is 41.9. The van der Waals surface area contributed by atoms with Crippen molar-refractivity contribution in [2.45, 2.75) is 145 Å². The lowest BCUT2D eigenvalue weighted by molar-refractivity contribution is -0.137. The highest BCUT2D eigenvalue weighted by Gasteiger charge is 2.39. The SMILES string of the molecule is C[C@H](NC(=O)[C@H](CCCCN)NC(=O)[C@H](Cc1cnc[nH]1)NC(=O)[C@@H]1CCCN1C(=O)C(CCCN)=NC(=O)CNC(=O)[C@@H](NC(=O)C[C@@H](O)CN)[C@@H](O)CN)C(=O)N[C@@H](CCCCN)C(=O)NCCCCN. The highest BCUT2D eigenvalue weighted by Crippen LogP contribution is 2.20. The van der Waals surface area contributed by atoms with Gasteiger partial charge in [-0.05, 0) is 110 Å². The van der Waals surface area contributed by atoms with E-state index in [0.717, 1.165) is 0 Å². The van der Waals surface area contributed by atoms with Crippen LogP contribution in [-0.4, -0.2) is 191 Å². The molecule has 0 spiro atoms. The number of amides is 9. The van der Waals surface area contributed by atoms with E-state index in [1.54, 1.807) is 0 Å². The van der Waals surface area contributed by atoms with Gasteiger partial charge in [-0.2, -0.15) is 0 Å². The minimum absolute atomic E-state index is 0.0706. The summed E-state index contributed by atoms with van der Waals surface area (Å²) in [7, 11) is 0. The molecule has 22 N–H and O–H groups in total. The molecule has 73 heavy (non-hydrogen) atoms. The summed E-state index contributed by atoms with van der Waals surface area (Å²) in [6.07, 6.45) is 3.93. The fraction of sp³-hybridized carbons (Fsp3) is 0.711. The van der Waals surface area contributed by atoms with Crippen LogP contribution in [0.1, 0.15) is 96.1 Å². The minimum Gasteiger partial charge on any atom is -0.391 e. The van der Waals surface area contributed by atoms with E-state index in [2.05, 4.69) is 52.2 Å². The second-order valence-electron chi connectivity index (χ2n) is 17.7. The molecule has 0 bridgehead atoms. The molecule has 1 aliphatic heterocycles. The quantitative estimate of drug-likeness (QED) is 0.0219. The highest BCUT2D eigenvalue weighted by molar-refractivity contribution is 6.40. The number of unbranched alkanes of at least 4 members (excludes halogenated alkanes) is 3. The summed E-state index contributed by atoms with van der Waals surface area (Å²) >= 11 is 0. The van der Waals surface area contributed by atoms with Crippen LogP contribution in [0.5, 0.6) is 0 Å². The number of carbonyl (C=O) groups excluding carboxylic acids is 9. The zero-order valence-corrected chi connectivity index (χ0v) is 41.9. The van der Waals surface area contributed by atoms with Crippen molar-refractivity contribution in [1.82, 2.24) is 52.1 Å². The maximum absolute atomic E-state index is 14.2. The number of aromatic nitrogens is 2. The fourth-order valence-electron chi connectivity index (χ4n) is 7.56. The van der Waals surface area contributed by atoms with Crippen LogP contribution in [0.25, 0.3) is 0 Å². The van der Waals surface area contributed by atoms with Crippen molar-refractivity contribution in [1.29, 1.82) is 0 Å². The van der Waals surface area contributed by atoms with Gasteiger partial charge in [0.25, 0.3) is 11.8 Å². The summed E-state index contributed by atoms with van der Waals surface area (Å²) in [5.41, 5.74) is 33.7. The van der Waals surface area contributed by atoms with Gasteiger partial charge in [0.15, 0.2) is 0 Å². The van der Waals surface area contributed by atoms with Crippen LogP contribution in [0.4, 0.5) is 0 Å². The van der Waals surface area contributed by atoms with Crippen molar-refractivity contribution >= 4 is 58.9 Å². The Morgan fingerprint density at radius 3 is 1.95 bits per heavy atom. The first-order chi connectivity index (χ1) is 34.9. The molecule has 2 rings (SSSR count). The Hall–Kier alpha value is -6.01. The third-order valence-corrected chi connectivity index (χ3v) is 11.7. The number of carbonyl (C=O) groups is 9. The van der Waals surface area contributed by atoms with Crippen LogP contribution in [0.15, 0.2) is 17.5 Å². The van der Waals surface area contributed by atoms with Crippen LogP contribution < -0.4 is 71.6 Å². The lowest BCUT2D eigenvalue weighted by atomic mass is 10.0. The number of nitrogens with zero attached hydrogens (tertiary/aromatic N) is 3. The number of aliphatic hydroxyl groups is 2. The third-order valence-electron chi connectivity index (χ3n) is 11.7. The molecule has 1 aromatic rings. The number of likely N-dealkylation sites (tertiary alicyclic amines) is 1. The maximum Gasteiger partial charge on any atom is 0.269 e. The van der Waals surface area contributed by atoms with Crippen molar-refractivity contribution < 1.29 is 53.4 Å². The van der Waals surface area contributed by atoms with Gasteiger partial charge < -0.3 is 91.7 Å². The molecule has 1 aliphatic rings. The van der Waals surface area contributed by atoms with Crippen molar-refractivity contribution in [2.75, 3.05) is 58.9 Å². The normalized spacial score (nSPS) is 16.4. The molecule has 0 aromatic carbocycles. The summed E-state index contributed by atoms with van der Waals surface area (Å²) in [6.45, 7) is 1.68. The van der Waals surface area contributed by atoms with Crippen molar-refractivity contribution in [2.24, 2.45) is 39.4 Å². The highest BCUT2D eigenvalue weighted by atomic mass is 16.3.